The third-order valence-corrected chi connectivity index (χ3v) is 4.59. The second-order valence-corrected chi connectivity index (χ2v) is 6.49. The molecule has 1 aliphatic heterocycles. The van der Waals surface area contributed by atoms with Crippen LogP contribution in [0.5, 0.6) is 0 Å². The molecule has 1 aromatic carbocycles. The fourth-order valence-corrected chi connectivity index (χ4v) is 3.62. The number of hydrogen-bond acceptors (Lipinski definition) is 4. The Hall–Kier alpha value is -0.723. The second kappa shape index (κ2) is 3.94. The minimum Gasteiger partial charge on any atom is -0.390 e. The lowest BCUT2D eigenvalue weighted by atomic mass is 9.97. The average molecular weight is 240 g/mol. The van der Waals surface area contributed by atoms with Crippen LogP contribution < -0.4 is 0 Å². The molecular formula is C11H16O4Si. The first-order chi connectivity index (χ1) is 7.43. The number of rotatable bonds is 1. The van der Waals surface area contributed by atoms with Gasteiger partial charge in [0.25, 0.3) is 0 Å². The van der Waals surface area contributed by atoms with Gasteiger partial charge in [0.1, 0.15) is 0 Å². The molecule has 2 rings (SSSR count). The Bertz CT molecular complexity index is 393. The second-order valence-electron chi connectivity index (χ2n) is 4.30. The van der Waals surface area contributed by atoms with Crippen molar-refractivity contribution >= 4 is 8.80 Å². The Morgan fingerprint density at radius 1 is 1.31 bits per heavy atom. The first-order valence-electron chi connectivity index (χ1n) is 5.36. The molecule has 1 aliphatic rings. The molecule has 1 atom stereocenters. The van der Waals surface area contributed by atoms with Crippen LogP contribution in [0.2, 0.25) is 6.04 Å². The minimum absolute atomic E-state index is 0.251. The van der Waals surface area contributed by atoms with Crippen molar-refractivity contribution in [3.63, 3.8) is 0 Å². The van der Waals surface area contributed by atoms with Crippen molar-refractivity contribution in [2.24, 2.45) is 0 Å². The van der Waals surface area contributed by atoms with Crippen LogP contribution in [0.25, 0.3) is 0 Å². The highest BCUT2D eigenvalue weighted by atomic mass is 28.4. The quantitative estimate of drug-likeness (QED) is 0.637. The van der Waals surface area contributed by atoms with Crippen LogP contribution in [0.15, 0.2) is 24.3 Å². The summed E-state index contributed by atoms with van der Waals surface area (Å²) in [5.41, 5.74) is 1.51. The summed E-state index contributed by atoms with van der Waals surface area (Å²) in [7, 11) is -3.68. The molecule has 0 aromatic heterocycles. The zero-order chi connectivity index (χ0) is 11.8. The van der Waals surface area contributed by atoms with E-state index in [9.17, 15) is 14.7 Å². The largest absolute Gasteiger partial charge is 0.497 e. The summed E-state index contributed by atoms with van der Waals surface area (Å²) in [4.78, 5) is 19.1. The molecule has 3 N–H and O–H groups in total. The van der Waals surface area contributed by atoms with E-state index in [4.69, 9.17) is 4.43 Å². The Morgan fingerprint density at radius 2 is 2.00 bits per heavy atom. The maximum absolute atomic E-state index is 10.4. The Morgan fingerprint density at radius 3 is 2.62 bits per heavy atom. The third kappa shape index (κ3) is 2.18. The van der Waals surface area contributed by atoms with Gasteiger partial charge in [-0.15, -0.1) is 0 Å². The van der Waals surface area contributed by atoms with Gasteiger partial charge in [0.05, 0.1) is 0 Å². The van der Waals surface area contributed by atoms with Crippen LogP contribution in [0, 0.1) is 6.92 Å². The van der Waals surface area contributed by atoms with Gasteiger partial charge in [0.15, 0.2) is 5.79 Å². The van der Waals surface area contributed by atoms with E-state index in [0.29, 0.717) is 18.4 Å². The first kappa shape index (κ1) is 11.8. The number of aryl methyl sites for hydroxylation is 1. The fraction of sp³-hybridized carbons (Fsp3) is 0.455. The number of benzene rings is 1. The highest BCUT2D eigenvalue weighted by Gasteiger charge is 2.47. The van der Waals surface area contributed by atoms with E-state index in [1.165, 1.54) is 0 Å². The molecule has 0 radical (unpaired) electrons. The van der Waals surface area contributed by atoms with Gasteiger partial charge in [-0.3, -0.25) is 0 Å². The van der Waals surface area contributed by atoms with Crippen molar-refractivity contribution in [1.29, 1.82) is 0 Å². The van der Waals surface area contributed by atoms with Crippen molar-refractivity contribution in [3.05, 3.63) is 35.4 Å². The van der Waals surface area contributed by atoms with Crippen LogP contribution in [0.3, 0.4) is 0 Å². The van der Waals surface area contributed by atoms with E-state index < -0.39 is 14.6 Å². The van der Waals surface area contributed by atoms with E-state index in [-0.39, 0.29) is 6.04 Å². The molecule has 4 nitrogen and oxygen atoms in total. The molecule has 1 fully saturated rings. The molecule has 16 heavy (non-hydrogen) atoms. The Labute approximate surface area is 95.5 Å². The predicted molar refractivity (Wildman–Crippen MR) is 60.4 cm³/mol. The van der Waals surface area contributed by atoms with Gasteiger partial charge in [-0.1, -0.05) is 24.3 Å². The molecular weight excluding hydrogens is 224 g/mol. The molecule has 0 spiro atoms. The van der Waals surface area contributed by atoms with Gasteiger partial charge in [-0.25, -0.2) is 0 Å². The van der Waals surface area contributed by atoms with E-state index in [0.717, 1.165) is 5.56 Å². The maximum Gasteiger partial charge on any atom is 0.497 e. The molecule has 88 valence electrons. The van der Waals surface area contributed by atoms with Gasteiger partial charge < -0.3 is 19.1 Å². The van der Waals surface area contributed by atoms with Crippen molar-refractivity contribution in [2.45, 2.75) is 31.6 Å². The topological polar surface area (TPSA) is 69.9 Å². The first-order valence-corrected chi connectivity index (χ1v) is 7.37. The summed E-state index contributed by atoms with van der Waals surface area (Å²) in [5, 5.41) is 10.4. The Balaban J connectivity index is 2.35. The molecule has 5 heteroatoms. The van der Waals surface area contributed by atoms with E-state index in [1.807, 2.05) is 19.1 Å². The lowest BCUT2D eigenvalue weighted by Crippen LogP contribution is -2.51. The van der Waals surface area contributed by atoms with E-state index in [1.54, 1.807) is 12.1 Å². The smallest absolute Gasteiger partial charge is 0.390 e. The van der Waals surface area contributed by atoms with Crippen LogP contribution in [-0.2, 0) is 10.2 Å². The molecule has 1 unspecified atom stereocenters. The SMILES string of the molecule is Cc1ccccc1C1(O)CCC[Si](O)(O)O1. The van der Waals surface area contributed by atoms with Crippen LogP contribution >= 0.6 is 0 Å². The van der Waals surface area contributed by atoms with Crippen molar-refractivity contribution in [3.8, 4) is 0 Å². The summed E-state index contributed by atoms with van der Waals surface area (Å²) in [6.07, 6.45) is 0.956. The van der Waals surface area contributed by atoms with Crippen molar-refractivity contribution < 1.29 is 19.1 Å². The zero-order valence-electron chi connectivity index (χ0n) is 9.18. The molecule has 0 aliphatic carbocycles. The fourth-order valence-electron chi connectivity index (χ4n) is 2.13. The molecule has 1 heterocycles. The van der Waals surface area contributed by atoms with E-state index in [2.05, 4.69) is 0 Å². The third-order valence-electron chi connectivity index (χ3n) is 2.92. The van der Waals surface area contributed by atoms with Gasteiger partial charge in [-0.2, -0.15) is 0 Å². The van der Waals surface area contributed by atoms with Crippen LogP contribution in [0.1, 0.15) is 24.0 Å². The van der Waals surface area contributed by atoms with Gasteiger partial charge in [0, 0.05) is 18.0 Å². The van der Waals surface area contributed by atoms with Crippen LogP contribution in [-0.4, -0.2) is 23.5 Å². The standard InChI is InChI=1S/C11H16O4Si/c1-9-5-2-3-6-10(9)11(12)7-4-8-16(13,14)15-11/h2-3,5-6,12-14H,4,7-8H2,1H3. The number of aliphatic hydroxyl groups is 1. The average Bonchev–Trinajstić information content (AvgIpc) is 2.16. The minimum atomic E-state index is -3.68. The lowest BCUT2D eigenvalue weighted by Gasteiger charge is -2.38. The van der Waals surface area contributed by atoms with Crippen LogP contribution in [0.4, 0.5) is 0 Å². The molecule has 0 amide bonds. The molecule has 1 aromatic rings. The van der Waals surface area contributed by atoms with Gasteiger partial charge in [-0.05, 0) is 18.9 Å². The van der Waals surface area contributed by atoms with Gasteiger partial charge >= 0.3 is 8.80 Å². The predicted octanol–water partition coefficient (Wildman–Crippen LogP) is 0.874. The molecule has 0 saturated carbocycles. The Kier molecular flexibility index (Phi) is 2.89. The zero-order valence-corrected chi connectivity index (χ0v) is 10.2. The highest BCUT2D eigenvalue weighted by molar-refractivity contribution is 6.57. The lowest BCUT2D eigenvalue weighted by molar-refractivity contribution is -0.191. The summed E-state index contributed by atoms with van der Waals surface area (Å²) in [6.45, 7) is 1.86. The summed E-state index contributed by atoms with van der Waals surface area (Å²) in [5.74, 6) is -1.54. The number of hydrogen-bond donors (Lipinski definition) is 3. The van der Waals surface area contributed by atoms with Crippen molar-refractivity contribution in [1.82, 2.24) is 0 Å². The highest BCUT2D eigenvalue weighted by Crippen LogP contribution is 2.37. The van der Waals surface area contributed by atoms with E-state index >= 15 is 0 Å². The van der Waals surface area contributed by atoms with Crippen molar-refractivity contribution in [2.75, 3.05) is 0 Å². The monoisotopic (exact) mass is 240 g/mol. The summed E-state index contributed by atoms with van der Waals surface area (Å²) < 4.78 is 5.13. The molecule has 0 bridgehead atoms. The summed E-state index contributed by atoms with van der Waals surface area (Å²) in [6, 6.07) is 7.54. The normalized spacial score (nSPS) is 29.0. The van der Waals surface area contributed by atoms with Gasteiger partial charge in [0.2, 0.25) is 0 Å². The summed E-state index contributed by atoms with van der Waals surface area (Å²) >= 11 is 0. The molecule has 1 saturated heterocycles. The maximum atomic E-state index is 10.4.